The lowest BCUT2D eigenvalue weighted by Gasteiger charge is -2.47. The van der Waals surface area contributed by atoms with E-state index in [1.165, 1.54) is 11.0 Å². The maximum atomic E-state index is 15.4. The fraction of sp³-hybridized carbons (Fsp3) is 0.727. The van der Waals surface area contributed by atoms with Crippen LogP contribution in [0.3, 0.4) is 0 Å². The molecule has 0 bridgehead atoms. The lowest BCUT2D eigenvalue weighted by Crippen LogP contribution is -2.58. The van der Waals surface area contributed by atoms with Crippen LogP contribution in [0.5, 0.6) is 0 Å². The van der Waals surface area contributed by atoms with Crippen molar-refractivity contribution < 1.29 is 38.1 Å². The van der Waals surface area contributed by atoms with Gasteiger partial charge in [0.2, 0.25) is 0 Å². The molecule has 0 radical (unpaired) electrons. The van der Waals surface area contributed by atoms with Crippen LogP contribution < -0.4 is 5.32 Å². The molecule has 1 aromatic carbocycles. The summed E-state index contributed by atoms with van der Waals surface area (Å²) in [4.78, 5) is 43.3. The van der Waals surface area contributed by atoms with Crippen LogP contribution in [0, 0.1) is 17.6 Å². The first-order chi connectivity index (χ1) is 22.0. The molecule has 0 spiro atoms. The maximum absolute atomic E-state index is 15.4. The Kier molecular flexibility index (Phi) is 14.2. The Balaban J connectivity index is 1.83. The number of nitrogens with one attached hydrogen (secondary N) is 1. The van der Waals surface area contributed by atoms with Gasteiger partial charge >= 0.3 is 18.2 Å². The second kappa shape index (κ2) is 17.1. The van der Waals surface area contributed by atoms with Gasteiger partial charge in [0.15, 0.2) is 5.82 Å². The van der Waals surface area contributed by atoms with E-state index in [-0.39, 0.29) is 56.2 Å². The average Bonchev–Trinajstić information content (AvgIpc) is 3.01. The first-order valence-electron chi connectivity index (χ1n) is 16.8. The van der Waals surface area contributed by atoms with Crippen molar-refractivity contribution in [2.24, 2.45) is 5.92 Å². The second-order valence-electron chi connectivity index (χ2n) is 14.4. The highest BCUT2D eigenvalue weighted by atomic mass is 35.5. The Morgan fingerprint density at radius 2 is 1.83 bits per heavy atom. The number of aliphatic hydroxyl groups is 1. The Morgan fingerprint density at radius 1 is 1.15 bits per heavy atom. The van der Waals surface area contributed by atoms with Crippen molar-refractivity contribution in [2.45, 2.75) is 108 Å². The van der Waals surface area contributed by atoms with Gasteiger partial charge in [-0.2, -0.15) is 0 Å². The van der Waals surface area contributed by atoms with Crippen LogP contribution in [0.2, 0.25) is 30.7 Å². The Labute approximate surface area is 283 Å². The third-order valence-electron chi connectivity index (χ3n) is 9.47. The minimum Gasteiger partial charge on any atom is -0.465 e. The molecule has 3 rings (SSSR count). The topological polar surface area (TPSA) is 123 Å². The molecular formula is C33H53ClF2N4O6Si. The number of hydrogen-bond acceptors (Lipinski definition) is 5. The molecule has 2 aliphatic rings. The number of benzene rings is 1. The fourth-order valence-corrected chi connectivity index (χ4v) is 7.73. The van der Waals surface area contributed by atoms with Crippen LogP contribution in [-0.2, 0) is 10.3 Å². The average molecular weight is 703 g/mol. The van der Waals surface area contributed by atoms with Crippen LogP contribution in [0.4, 0.5) is 23.2 Å². The molecule has 14 heteroatoms. The van der Waals surface area contributed by atoms with Gasteiger partial charge in [-0.1, -0.05) is 56.6 Å². The highest BCUT2D eigenvalue weighted by molar-refractivity contribution is 6.76. The van der Waals surface area contributed by atoms with Crippen molar-refractivity contribution in [1.82, 2.24) is 20.0 Å². The summed E-state index contributed by atoms with van der Waals surface area (Å²) in [5.41, 5.74) is -2.02. The van der Waals surface area contributed by atoms with Gasteiger partial charge in [-0.15, -0.1) is 0 Å². The first-order valence-corrected chi connectivity index (χ1v) is 20.9. The van der Waals surface area contributed by atoms with Gasteiger partial charge in [-0.25, -0.2) is 23.2 Å². The molecule has 3 atom stereocenters. The number of rotatable bonds is 13. The quantitative estimate of drug-likeness (QED) is 0.114. The Bertz CT molecular complexity index is 1230. The van der Waals surface area contributed by atoms with Crippen molar-refractivity contribution in [2.75, 3.05) is 39.8 Å². The first kappa shape index (κ1) is 38.8. The number of likely N-dealkylation sites (tertiary alicyclic amines) is 1. The molecule has 0 aromatic heterocycles. The van der Waals surface area contributed by atoms with E-state index < -0.39 is 48.4 Å². The molecule has 1 aromatic rings. The monoisotopic (exact) mass is 702 g/mol. The van der Waals surface area contributed by atoms with E-state index in [0.29, 0.717) is 26.0 Å². The van der Waals surface area contributed by atoms with Gasteiger partial charge in [0.05, 0.1) is 12.2 Å². The molecule has 3 unspecified atom stereocenters. The minimum atomic E-state index is -1.85. The smallest absolute Gasteiger partial charge is 0.409 e. The number of ether oxygens (including phenoxy) is 1. The number of likely N-dealkylation sites (N-methyl/N-ethyl adjacent to an activating group) is 1. The zero-order valence-electron chi connectivity index (χ0n) is 28.5. The molecular weight excluding hydrogens is 650 g/mol. The number of piperidine rings is 1. The number of hydrogen-bond donors (Lipinski definition) is 3. The summed E-state index contributed by atoms with van der Waals surface area (Å²) >= 11 is 5.93. The fourth-order valence-electron chi connectivity index (χ4n) is 6.85. The van der Waals surface area contributed by atoms with Crippen molar-refractivity contribution in [3.63, 3.8) is 0 Å². The third-order valence-corrected chi connectivity index (χ3v) is 11.5. The lowest BCUT2D eigenvalue weighted by atomic mass is 9.74. The van der Waals surface area contributed by atoms with Gasteiger partial charge in [0, 0.05) is 64.9 Å². The summed E-state index contributed by atoms with van der Waals surface area (Å²) in [5, 5.41) is 22.7. The summed E-state index contributed by atoms with van der Waals surface area (Å²) in [6, 6.07) is 2.50. The Morgan fingerprint density at radius 3 is 2.47 bits per heavy atom. The van der Waals surface area contributed by atoms with Crippen LogP contribution >= 0.6 is 11.6 Å². The summed E-state index contributed by atoms with van der Waals surface area (Å²) in [6.45, 7) is 9.79. The van der Waals surface area contributed by atoms with Crippen molar-refractivity contribution in [3.05, 3.63) is 34.4 Å². The zero-order valence-corrected chi connectivity index (χ0v) is 30.3. The summed E-state index contributed by atoms with van der Waals surface area (Å²) in [7, 11) is 0.304. The number of urea groups is 1. The molecule has 10 nitrogen and oxygen atoms in total. The molecule has 1 saturated heterocycles. The summed E-state index contributed by atoms with van der Waals surface area (Å²) in [5.74, 6) is -2.65. The predicted octanol–water partition coefficient (Wildman–Crippen LogP) is 7.12. The number of carbonyl (C=O) groups is 3. The van der Waals surface area contributed by atoms with Crippen molar-refractivity contribution >= 4 is 37.9 Å². The predicted molar refractivity (Wildman–Crippen MR) is 181 cm³/mol. The van der Waals surface area contributed by atoms with Gasteiger partial charge in [0.1, 0.15) is 10.8 Å². The zero-order chi connectivity index (χ0) is 34.9. The van der Waals surface area contributed by atoms with Gasteiger partial charge in [0.25, 0.3) is 0 Å². The van der Waals surface area contributed by atoms with Crippen LogP contribution in [0.25, 0.3) is 0 Å². The molecule has 1 aliphatic heterocycles. The highest BCUT2D eigenvalue weighted by Gasteiger charge is 2.45. The summed E-state index contributed by atoms with van der Waals surface area (Å²) < 4.78 is 35.1. The van der Waals surface area contributed by atoms with Crippen LogP contribution in [-0.4, -0.2) is 103 Å². The van der Waals surface area contributed by atoms with E-state index in [1.54, 1.807) is 11.9 Å². The molecule has 1 heterocycles. The lowest BCUT2D eigenvalue weighted by molar-refractivity contribution is -0.0603. The molecule has 3 N–H and O–H groups in total. The van der Waals surface area contributed by atoms with E-state index in [0.717, 1.165) is 44.2 Å². The largest absolute Gasteiger partial charge is 0.465 e. The molecule has 4 amide bonds. The van der Waals surface area contributed by atoms with E-state index >= 15 is 4.39 Å². The van der Waals surface area contributed by atoms with Crippen LogP contribution in [0.1, 0.15) is 70.3 Å². The number of carboxylic acid groups (broad SMARTS) is 1. The Hall–Kier alpha value is -2.64. The molecule has 2 fully saturated rings. The van der Waals surface area contributed by atoms with E-state index in [4.69, 9.17) is 21.4 Å². The maximum Gasteiger partial charge on any atom is 0.409 e. The number of halogens is 3. The summed E-state index contributed by atoms with van der Waals surface area (Å²) in [6.07, 6.45) is 4.27. The number of amides is 4. The standard InChI is InChI=1S/C33H53ClF2N4O6Si/c1-23(21-38(2)32(44)46-19-20-47(3,4)5)40(25-12-7-6-8-13-25)31(43)39-18-9-11-24(22-39)33(45,16-10-17-37-30(41)42)26-14-15-27(35)28(34)29(26)36/h14-15,23-25,37,45H,6-13,16-22H2,1-5H3,(H,41,42). The van der Waals surface area contributed by atoms with Gasteiger partial charge in [-0.3, -0.25) is 0 Å². The third kappa shape index (κ3) is 10.7. The highest BCUT2D eigenvalue weighted by Crippen LogP contribution is 2.42. The SMILES string of the molecule is CC(CN(C)C(=O)OCC[Si](C)(C)C)N(C(=O)N1CCCC(C(O)(CCCNC(=O)O)c2ccc(F)c(Cl)c2F)C1)C1CCCCC1. The molecule has 47 heavy (non-hydrogen) atoms. The van der Waals surface area contributed by atoms with Crippen molar-refractivity contribution in [1.29, 1.82) is 0 Å². The van der Waals surface area contributed by atoms with E-state index in [1.807, 2.05) is 11.8 Å². The number of nitrogens with zero attached hydrogens (tertiary/aromatic N) is 3. The normalized spacial score (nSPS) is 19.4. The van der Waals surface area contributed by atoms with Gasteiger partial charge in [-0.05, 0) is 57.6 Å². The second-order valence-corrected chi connectivity index (χ2v) is 20.4. The van der Waals surface area contributed by atoms with Crippen molar-refractivity contribution in [3.8, 4) is 0 Å². The van der Waals surface area contributed by atoms with Gasteiger partial charge < -0.3 is 35.0 Å². The molecule has 1 aliphatic carbocycles. The number of carbonyl (C=O) groups excluding carboxylic acids is 2. The van der Waals surface area contributed by atoms with E-state index in [9.17, 15) is 23.9 Å². The minimum absolute atomic E-state index is 0.0164. The van der Waals surface area contributed by atoms with E-state index in [2.05, 4.69) is 25.0 Å². The van der Waals surface area contributed by atoms with Crippen LogP contribution in [0.15, 0.2) is 12.1 Å². The molecule has 266 valence electrons. The molecule has 1 saturated carbocycles.